The molecule has 1 fully saturated rings. The van der Waals surface area contributed by atoms with E-state index in [1.807, 2.05) is 0 Å². The molecule has 0 nitrogen and oxygen atoms in total. The van der Waals surface area contributed by atoms with Gasteiger partial charge in [0.2, 0.25) is 0 Å². The van der Waals surface area contributed by atoms with Crippen LogP contribution >= 0.6 is 0 Å². The number of hydrogen-bond acceptors (Lipinski definition) is 0. The molecule has 0 N–H and O–H groups in total. The molecular formula is C21H40. The van der Waals surface area contributed by atoms with Crippen LogP contribution < -0.4 is 0 Å². The Balaban J connectivity index is 2.28. The molecule has 0 radical (unpaired) electrons. The second-order valence-electron chi connectivity index (χ2n) is 8.15. The fourth-order valence-electron chi connectivity index (χ4n) is 4.16. The van der Waals surface area contributed by atoms with Crippen LogP contribution in [0.3, 0.4) is 0 Å². The van der Waals surface area contributed by atoms with E-state index in [9.17, 15) is 0 Å². The minimum atomic E-state index is 0.874. The molecule has 0 bridgehead atoms. The minimum Gasteiger partial charge on any atom is -0.0999 e. The Morgan fingerprint density at radius 3 is 2.38 bits per heavy atom. The average molecular weight is 293 g/mol. The monoisotopic (exact) mass is 292 g/mol. The summed E-state index contributed by atoms with van der Waals surface area (Å²) in [6, 6.07) is 0. The van der Waals surface area contributed by atoms with Crippen molar-refractivity contribution in [3.8, 4) is 0 Å². The highest BCUT2D eigenvalue weighted by atomic mass is 14.3. The van der Waals surface area contributed by atoms with Gasteiger partial charge in [0.25, 0.3) is 0 Å². The predicted molar refractivity (Wildman–Crippen MR) is 96.5 cm³/mol. The van der Waals surface area contributed by atoms with E-state index in [0.29, 0.717) is 0 Å². The summed E-state index contributed by atoms with van der Waals surface area (Å²) < 4.78 is 0. The summed E-state index contributed by atoms with van der Waals surface area (Å²) >= 11 is 0. The summed E-state index contributed by atoms with van der Waals surface area (Å²) in [6.07, 6.45) is 12.5. The van der Waals surface area contributed by atoms with Gasteiger partial charge in [0.05, 0.1) is 0 Å². The first-order valence-electron chi connectivity index (χ1n) is 9.62. The van der Waals surface area contributed by atoms with Crippen molar-refractivity contribution in [1.82, 2.24) is 0 Å². The summed E-state index contributed by atoms with van der Waals surface area (Å²) in [7, 11) is 0. The van der Waals surface area contributed by atoms with Gasteiger partial charge < -0.3 is 0 Å². The fourth-order valence-corrected chi connectivity index (χ4v) is 4.16. The molecule has 0 amide bonds. The maximum Gasteiger partial charge on any atom is -0.0321 e. The quantitative estimate of drug-likeness (QED) is 0.393. The van der Waals surface area contributed by atoms with Gasteiger partial charge in [-0.25, -0.2) is 0 Å². The maximum absolute atomic E-state index is 4.14. The van der Waals surface area contributed by atoms with Crippen LogP contribution in [0, 0.1) is 29.6 Å². The van der Waals surface area contributed by atoms with E-state index in [1.165, 1.54) is 56.9 Å². The van der Waals surface area contributed by atoms with Crippen molar-refractivity contribution >= 4 is 0 Å². The van der Waals surface area contributed by atoms with Gasteiger partial charge in [-0.1, -0.05) is 66.0 Å². The van der Waals surface area contributed by atoms with Crippen molar-refractivity contribution in [1.29, 1.82) is 0 Å². The summed E-state index contributed by atoms with van der Waals surface area (Å²) in [5.74, 6) is 4.77. The molecule has 0 aliphatic heterocycles. The standard InChI is InChI=1S/C21H40/c1-7-16(3)9-10-17(4)11-12-19(6)21-14-18(5)13-20(8-2)15-21/h17-21H,3,7-15H2,1-2,4-6H3. The summed E-state index contributed by atoms with van der Waals surface area (Å²) in [4.78, 5) is 0. The molecule has 5 unspecified atom stereocenters. The van der Waals surface area contributed by atoms with Crippen LogP contribution in [-0.4, -0.2) is 0 Å². The molecule has 0 heterocycles. The topological polar surface area (TPSA) is 0 Å². The lowest BCUT2D eigenvalue weighted by molar-refractivity contribution is 0.147. The molecule has 0 aromatic carbocycles. The van der Waals surface area contributed by atoms with Crippen molar-refractivity contribution < 1.29 is 0 Å². The second-order valence-corrected chi connectivity index (χ2v) is 8.15. The number of hydrogen-bond donors (Lipinski definition) is 0. The molecular weight excluding hydrogens is 252 g/mol. The molecule has 5 atom stereocenters. The van der Waals surface area contributed by atoms with E-state index in [1.54, 1.807) is 0 Å². The zero-order valence-corrected chi connectivity index (χ0v) is 15.5. The van der Waals surface area contributed by atoms with Crippen molar-refractivity contribution in [2.75, 3.05) is 0 Å². The fraction of sp³-hybridized carbons (Fsp3) is 0.905. The maximum atomic E-state index is 4.14. The largest absolute Gasteiger partial charge is 0.0999 e. The van der Waals surface area contributed by atoms with E-state index in [4.69, 9.17) is 0 Å². The third-order valence-electron chi connectivity index (χ3n) is 6.06. The van der Waals surface area contributed by atoms with Crippen LogP contribution in [0.25, 0.3) is 0 Å². The minimum absolute atomic E-state index is 0.874. The molecule has 0 heteroatoms. The van der Waals surface area contributed by atoms with Crippen LogP contribution in [0.1, 0.15) is 92.4 Å². The van der Waals surface area contributed by atoms with Crippen molar-refractivity contribution in [2.24, 2.45) is 29.6 Å². The third kappa shape index (κ3) is 7.02. The van der Waals surface area contributed by atoms with Gasteiger partial charge >= 0.3 is 0 Å². The van der Waals surface area contributed by atoms with Gasteiger partial charge in [0.1, 0.15) is 0 Å². The van der Waals surface area contributed by atoms with Gasteiger partial charge in [0, 0.05) is 0 Å². The van der Waals surface area contributed by atoms with Crippen molar-refractivity contribution in [3.63, 3.8) is 0 Å². The van der Waals surface area contributed by atoms with Gasteiger partial charge in [-0.2, -0.15) is 0 Å². The lowest BCUT2D eigenvalue weighted by Crippen LogP contribution is -2.25. The summed E-state index contributed by atoms with van der Waals surface area (Å²) in [6.45, 7) is 16.2. The molecule has 0 spiro atoms. The molecule has 0 aromatic rings. The predicted octanol–water partition coefficient (Wildman–Crippen LogP) is 7.25. The van der Waals surface area contributed by atoms with E-state index >= 15 is 0 Å². The summed E-state index contributed by atoms with van der Waals surface area (Å²) in [5, 5.41) is 0. The molecule has 0 saturated heterocycles. The van der Waals surface area contributed by atoms with Crippen molar-refractivity contribution in [2.45, 2.75) is 92.4 Å². The second kappa shape index (κ2) is 9.70. The zero-order chi connectivity index (χ0) is 15.8. The van der Waals surface area contributed by atoms with E-state index in [2.05, 4.69) is 41.2 Å². The first-order valence-corrected chi connectivity index (χ1v) is 9.62. The number of allylic oxidation sites excluding steroid dienone is 1. The number of rotatable bonds is 9. The Labute approximate surface area is 134 Å². The lowest BCUT2D eigenvalue weighted by atomic mass is 9.69. The Morgan fingerprint density at radius 2 is 1.76 bits per heavy atom. The van der Waals surface area contributed by atoms with Crippen LogP contribution in [0.15, 0.2) is 12.2 Å². The Kier molecular flexibility index (Phi) is 8.67. The van der Waals surface area contributed by atoms with Crippen LogP contribution in [0.2, 0.25) is 0 Å². The highest BCUT2D eigenvalue weighted by Gasteiger charge is 2.28. The van der Waals surface area contributed by atoms with E-state index in [0.717, 1.165) is 36.0 Å². The molecule has 1 saturated carbocycles. The molecule has 1 aliphatic rings. The average Bonchev–Trinajstić information content (AvgIpc) is 2.49. The zero-order valence-electron chi connectivity index (χ0n) is 15.5. The van der Waals surface area contributed by atoms with Gasteiger partial charge in [0.15, 0.2) is 0 Å². The Hall–Kier alpha value is -0.260. The SMILES string of the molecule is C=C(CC)CCC(C)CCC(C)C1CC(C)CC(CC)C1. The van der Waals surface area contributed by atoms with Gasteiger partial charge in [-0.05, 0) is 68.1 Å². The first kappa shape index (κ1) is 18.8. The molecule has 1 aliphatic carbocycles. The normalized spacial score (nSPS) is 29.1. The molecule has 124 valence electrons. The van der Waals surface area contributed by atoms with Crippen molar-refractivity contribution in [3.05, 3.63) is 12.2 Å². The van der Waals surface area contributed by atoms with Gasteiger partial charge in [-0.3, -0.25) is 0 Å². The summed E-state index contributed by atoms with van der Waals surface area (Å²) in [5.41, 5.74) is 1.43. The third-order valence-corrected chi connectivity index (χ3v) is 6.06. The molecule has 1 rings (SSSR count). The van der Waals surface area contributed by atoms with Crippen LogP contribution in [-0.2, 0) is 0 Å². The Morgan fingerprint density at radius 1 is 1.05 bits per heavy atom. The van der Waals surface area contributed by atoms with E-state index < -0.39 is 0 Å². The lowest BCUT2D eigenvalue weighted by Gasteiger charge is -2.36. The van der Waals surface area contributed by atoms with Crippen LogP contribution in [0.4, 0.5) is 0 Å². The molecule has 0 aromatic heterocycles. The highest BCUT2D eigenvalue weighted by molar-refractivity contribution is 4.92. The smallest absolute Gasteiger partial charge is 0.0321 e. The highest BCUT2D eigenvalue weighted by Crippen LogP contribution is 2.40. The van der Waals surface area contributed by atoms with Gasteiger partial charge in [-0.15, -0.1) is 0 Å². The first-order chi connectivity index (χ1) is 9.96. The van der Waals surface area contributed by atoms with Crippen LogP contribution in [0.5, 0.6) is 0 Å². The molecule has 21 heavy (non-hydrogen) atoms. The van der Waals surface area contributed by atoms with E-state index in [-0.39, 0.29) is 0 Å². The Bertz CT molecular complexity index is 290.